The van der Waals surface area contributed by atoms with Crippen LogP contribution in [0, 0.1) is 5.92 Å². The summed E-state index contributed by atoms with van der Waals surface area (Å²) in [4.78, 5) is 12.3. The number of nitrogens with one attached hydrogen (secondary N) is 1. The second-order valence-corrected chi connectivity index (χ2v) is 6.24. The molecule has 19 heavy (non-hydrogen) atoms. The van der Waals surface area contributed by atoms with Crippen LogP contribution in [-0.4, -0.2) is 36.9 Å². The Morgan fingerprint density at radius 3 is 2.68 bits per heavy atom. The van der Waals surface area contributed by atoms with Gasteiger partial charge in [0, 0.05) is 19.1 Å². The minimum atomic E-state index is -0.529. The van der Waals surface area contributed by atoms with Crippen LogP contribution in [0.2, 0.25) is 0 Å². The number of hydrogen-bond acceptors (Lipinski definition) is 4. The first-order valence-electron chi connectivity index (χ1n) is 7.62. The van der Waals surface area contributed by atoms with Crippen molar-refractivity contribution < 1.29 is 14.3 Å². The maximum atomic E-state index is 12.3. The van der Waals surface area contributed by atoms with Crippen LogP contribution < -0.4 is 5.32 Å². The van der Waals surface area contributed by atoms with Crippen molar-refractivity contribution >= 4 is 5.97 Å². The topological polar surface area (TPSA) is 47.6 Å². The average molecular weight is 269 g/mol. The molecule has 2 aliphatic rings. The Labute approximate surface area is 116 Å². The first-order valence-corrected chi connectivity index (χ1v) is 7.62. The van der Waals surface area contributed by atoms with Gasteiger partial charge < -0.3 is 9.47 Å². The third-order valence-corrected chi connectivity index (χ3v) is 3.96. The average Bonchev–Trinajstić information content (AvgIpc) is 3.08. The molecule has 0 aromatic heterocycles. The predicted molar refractivity (Wildman–Crippen MR) is 74.0 cm³/mol. The molecule has 0 saturated heterocycles. The Bertz CT molecular complexity index is 315. The summed E-state index contributed by atoms with van der Waals surface area (Å²) in [5.74, 6) is 0.664. The highest BCUT2D eigenvalue weighted by Gasteiger charge is 2.47. The molecular formula is C15H27NO3. The summed E-state index contributed by atoms with van der Waals surface area (Å²) in [6.07, 6.45) is 5.33. The van der Waals surface area contributed by atoms with Crippen LogP contribution in [0.15, 0.2) is 0 Å². The Kier molecular flexibility index (Phi) is 4.85. The quantitative estimate of drug-likeness (QED) is 0.720. The third-order valence-electron chi connectivity index (χ3n) is 3.96. The zero-order chi connectivity index (χ0) is 13.9. The van der Waals surface area contributed by atoms with Gasteiger partial charge in [-0.25, -0.2) is 0 Å². The van der Waals surface area contributed by atoms with Gasteiger partial charge in [0.1, 0.15) is 5.54 Å². The summed E-state index contributed by atoms with van der Waals surface area (Å²) < 4.78 is 11.2. The molecule has 0 aromatic carbocycles. The van der Waals surface area contributed by atoms with Crippen molar-refractivity contribution in [3.8, 4) is 0 Å². The van der Waals surface area contributed by atoms with Crippen molar-refractivity contribution in [3.05, 3.63) is 0 Å². The minimum Gasteiger partial charge on any atom is -0.465 e. The number of hydrogen-bond donors (Lipinski definition) is 1. The van der Waals surface area contributed by atoms with Gasteiger partial charge in [-0.3, -0.25) is 10.1 Å². The van der Waals surface area contributed by atoms with E-state index in [2.05, 4.69) is 19.2 Å². The number of rotatable bonds is 7. The maximum Gasteiger partial charge on any atom is 0.326 e. The summed E-state index contributed by atoms with van der Waals surface area (Å²) in [5, 5.41) is 3.42. The summed E-state index contributed by atoms with van der Waals surface area (Å²) in [6.45, 7) is 7.30. The molecular weight excluding hydrogens is 242 g/mol. The van der Waals surface area contributed by atoms with E-state index in [1.54, 1.807) is 0 Å². The standard InChI is InChI=1S/C15H27NO3/c1-4-18-14(17)15(16-11(2)3)8-7-13(9-15)19-10-12-5-6-12/h11-13,16H,4-10H2,1-3H3. The van der Waals surface area contributed by atoms with Crippen LogP contribution in [0.4, 0.5) is 0 Å². The smallest absolute Gasteiger partial charge is 0.326 e. The normalized spacial score (nSPS) is 30.8. The number of ether oxygens (including phenoxy) is 2. The van der Waals surface area contributed by atoms with Crippen LogP contribution in [0.5, 0.6) is 0 Å². The molecule has 0 aromatic rings. The van der Waals surface area contributed by atoms with E-state index in [-0.39, 0.29) is 18.1 Å². The van der Waals surface area contributed by atoms with Crippen LogP contribution >= 0.6 is 0 Å². The summed E-state index contributed by atoms with van der Waals surface area (Å²) >= 11 is 0. The molecule has 1 N–H and O–H groups in total. The lowest BCUT2D eigenvalue weighted by atomic mass is 9.96. The van der Waals surface area contributed by atoms with E-state index in [0.717, 1.165) is 31.8 Å². The molecule has 2 aliphatic carbocycles. The van der Waals surface area contributed by atoms with E-state index >= 15 is 0 Å². The molecule has 0 radical (unpaired) electrons. The molecule has 2 atom stereocenters. The maximum absolute atomic E-state index is 12.3. The van der Waals surface area contributed by atoms with Crippen molar-refractivity contribution in [2.45, 2.75) is 70.6 Å². The minimum absolute atomic E-state index is 0.110. The second-order valence-electron chi connectivity index (χ2n) is 6.24. The molecule has 110 valence electrons. The fourth-order valence-corrected chi connectivity index (χ4v) is 2.90. The Hall–Kier alpha value is -0.610. The van der Waals surface area contributed by atoms with Gasteiger partial charge in [-0.05, 0) is 52.4 Å². The van der Waals surface area contributed by atoms with Gasteiger partial charge in [-0.2, -0.15) is 0 Å². The van der Waals surface area contributed by atoms with Gasteiger partial charge in [0.15, 0.2) is 0 Å². The van der Waals surface area contributed by atoms with Crippen molar-refractivity contribution in [2.75, 3.05) is 13.2 Å². The predicted octanol–water partition coefficient (Wildman–Crippen LogP) is 2.27. The van der Waals surface area contributed by atoms with Crippen LogP contribution in [0.25, 0.3) is 0 Å². The van der Waals surface area contributed by atoms with Crippen molar-refractivity contribution in [3.63, 3.8) is 0 Å². The second kappa shape index (κ2) is 6.23. The van der Waals surface area contributed by atoms with E-state index in [0.29, 0.717) is 6.61 Å². The lowest BCUT2D eigenvalue weighted by molar-refractivity contribution is -0.151. The van der Waals surface area contributed by atoms with Gasteiger partial charge >= 0.3 is 5.97 Å². The van der Waals surface area contributed by atoms with Gasteiger partial charge in [0.25, 0.3) is 0 Å². The van der Waals surface area contributed by atoms with E-state index in [4.69, 9.17) is 9.47 Å². The van der Waals surface area contributed by atoms with Gasteiger partial charge in [0.2, 0.25) is 0 Å². The molecule has 2 fully saturated rings. The van der Waals surface area contributed by atoms with Gasteiger partial charge in [-0.15, -0.1) is 0 Å². The molecule has 4 nitrogen and oxygen atoms in total. The van der Waals surface area contributed by atoms with Crippen LogP contribution in [0.3, 0.4) is 0 Å². The SMILES string of the molecule is CCOC(=O)C1(NC(C)C)CCC(OCC2CC2)C1. The molecule has 0 spiro atoms. The molecule has 0 amide bonds. The molecule has 0 heterocycles. The lowest BCUT2D eigenvalue weighted by Crippen LogP contribution is -2.54. The number of carbonyl (C=O) groups excluding carboxylic acids is 1. The van der Waals surface area contributed by atoms with E-state index in [9.17, 15) is 4.79 Å². The zero-order valence-corrected chi connectivity index (χ0v) is 12.4. The van der Waals surface area contributed by atoms with Gasteiger partial charge in [-0.1, -0.05) is 0 Å². The van der Waals surface area contributed by atoms with Crippen molar-refractivity contribution in [1.82, 2.24) is 5.32 Å². The molecule has 0 bridgehead atoms. The number of carbonyl (C=O) groups is 1. The highest BCUT2D eigenvalue weighted by atomic mass is 16.5. The molecule has 2 saturated carbocycles. The number of esters is 1. The fraction of sp³-hybridized carbons (Fsp3) is 0.933. The Morgan fingerprint density at radius 1 is 1.37 bits per heavy atom. The third kappa shape index (κ3) is 3.93. The van der Waals surface area contributed by atoms with E-state index in [1.807, 2.05) is 6.92 Å². The van der Waals surface area contributed by atoms with E-state index < -0.39 is 5.54 Å². The fourth-order valence-electron chi connectivity index (χ4n) is 2.90. The van der Waals surface area contributed by atoms with Gasteiger partial charge in [0.05, 0.1) is 12.7 Å². The largest absolute Gasteiger partial charge is 0.465 e. The molecule has 0 aliphatic heterocycles. The summed E-state index contributed by atoms with van der Waals surface area (Å²) in [5.41, 5.74) is -0.529. The highest BCUT2D eigenvalue weighted by molar-refractivity contribution is 5.81. The zero-order valence-electron chi connectivity index (χ0n) is 12.4. The van der Waals surface area contributed by atoms with Crippen molar-refractivity contribution in [2.24, 2.45) is 5.92 Å². The van der Waals surface area contributed by atoms with Crippen LogP contribution in [0.1, 0.15) is 52.9 Å². The highest BCUT2D eigenvalue weighted by Crippen LogP contribution is 2.36. The Morgan fingerprint density at radius 2 is 2.11 bits per heavy atom. The summed E-state index contributed by atoms with van der Waals surface area (Å²) in [6, 6.07) is 0.270. The lowest BCUT2D eigenvalue weighted by Gasteiger charge is -2.30. The van der Waals surface area contributed by atoms with E-state index in [1.165, 1.54) is 12.8 Å². The van der Waals surface area contributed by atoms with Crippen LogP contribution in [-0.2, 0) is 14.3 Å². The molecule has 4 heteroatoms. The summed E-state index contributed by atoms with van der Waals surface area (Å²) in [7, 11) is 0. The molecule has 2 unspecified atom stereocenters. The molecule has 2 rings (SSSR count). The first-order chi connectivity index (χ1) is 9.05. The first kappa shape index (κ1) is 14.8. The monoisotopic (exact) mass is 269 g/mol. The Balaban J connectivity index is 1.92. The van der Waals surface area contributed by atoms with Crippen molar-refractivity contribution in [1.29, 1.82) is 0 Å².